The highest BCUT2D eigenvalue weighted by atomic mass is 16.4. The number of aliphatic carboxylic acids is 2. The van der Waals surface area contributed by atoms with E-state index in [1.807, 2.05) is 42.3 Å². The van der Waals surface area contributed by atoms with Gasteiger partial charge in [0.25, 0.3) is 0 Å². The lowest BCUT2D eigenvalue weighted by molar-refractivity contribution is -0.875. The predicted molar refractivity (Wildman–Crippen MR) is 244 cm³/mol. The van der Waals surface area contributed by atoms with Gasteiger partial charge in [-0.1, -0.05) is 194 Å². The number of quaternary nitrogens is 2. The minimum absolute atomic E-state index is 0.0819. The lowest BCUT2D eigenvalue weighted by Gasteiger charge is -2.35. The molecule has 0 aromatic carbocycles. The fourth-order valence-electron chi connectivity index (χ4n) is 8.31. The zero-order valence-corrected chi connectivity index (χ0v) is 40.7. The Bertz CT molecular complexity index is 1000. The van der Waals surface area contributed by atoms with Gasteiger partial charge in [-0.2, -0.15) is 0 Å². The van der Waals surface area contributed by atoms with E-state index in [-0.39, 0.29) is 37.5 Å². The van der Waals surface area contributed by atoms with Crippen molar-refractivity contribution < 1.29 is 48.6 Å². The molecule has 0 saturated heterocycles. The van der Waals surface area contributed by atoms with Crippen molar-refractivity contribution in [2.75, 3.05) is 55.4 Å². The average molecular weight is 855 g/mol. The van der Waals surface area contributed by atoms with Gasteiger partial charge in [-0.05, 0) is 12.8 Å². The summed E-state index contributed by atoms with van der Waals surface area (Å²) in [7, 11) is 11.0. The fraction of sp³-hybridized carbons (Fsp3) is 0.920. The summed E-state index contributed by atoms with van der Waals surface area (Å²) in [6.07, 6.45) is 36.9. The molecule has 2 atom stereocenters. The molecule has 0 aromatic heterocycles. The fourth-order valence-corrected chi connectivity index (χ4v) is 8.31. The zero-order valence-electron chi connectivity index (χ0n) is 40.7. The topological polar surface area (TPSA) is 155 Å². The molecule has 0 rings (SSSR count). The number of carbonyl (C=O) groups is 4. The molecule has 0 heterocycles. The van der Waals surface area contributed by atoms with Crippen molar-refractivity contribution in [3.63, 3.8) is 0 Å². The molecule has 0 aliphatic carbocycles. The summed E-state index contributed by atoms with van der Waals surface area (Å²) in [5.74, 6) is -3.49. The first-order chi connectivity index (χ1) is 28.2. The smallest absolute Gasteiger partial charge is 0.177 e. The zero-order chi connectivity index (χ0) is 45.8. The minimum Gasteiger partial charge on any atom is -0.550 e. The molecule has 0 amide bonds. The second-order valence-corrected chi connectivity index (χ2v) is 20.3. The number of likely N-dealkylation sites (N-methyl/N-ethyl adjacent to an activating group) is 2. The Balaban J connectivity index is 0. The molecule has 0 radical (unpaired) electrons. The minimum atomic E-state index is -1.83. The van der Waals surface area contributed by atoms with Gasteiger partial charge in [-0.15, -0.1) is 0 Å². The number of Topliss-reactive ketones (excluding diaryl/α,β-unsaturated/α-hetero) is 2. The molecule has 0 saturated carbocycles. The van der Waals surface area contributed by atoms with Crippen LogP contribution < -0.4 is 10.2 Å². The Labute approximate surface area is 369 Å². The van der Waals surface area contributed by atoms with E-state index in [2.05, 4.69) is 13.8 Å². The van der Waals surface area contributed by atoms with Gasteiger partial charge in [0.05, 0.1) is 42.3 Å². The van der Waals surface area contributed by atoms with Gasteiger partial charge < -0.3 is 39.0 Å². The molecule has 0 aromatic rings. The van der Waals surface area contributed by atoms with Gasteiger partial charge in [0.15, 0.2) is 22.8 Å². The van der Waals surface area contributed by atoms with Crippen LogP contribution in [0, 0.1) is 0 Å². The number of carboxylic acid groups (broad SMARTS) is 2. The number of unbranched alkanes of at least 4 members (excludes halogenated alkanes) is 28. The Morgan fingerprint density at radius 2 is 0.550 bits per heavy atom. The number of hydrogen-bond acceptors (Lipinski definition) is 8. The maximum atomic E-state index is 12.5. The van der Waals surface area contributed by atoms with Gasteiger partial charge in [0.1, 0.15) is 13.1 Å². The van der Waals surface area contributed by atoms with Crippen LogP contribution in [0.4, 0.5) is 0 Å². The van der Waals surface area contributed by atoms with E-state index in [0.717, 1.165) is 25.7 Å². The van der Waals surface area contributed by atoms with Gasteiger partial charge in [0, 0.05) is 37.6 Å². The van der Waals surface area contributed by atoms with Gasteiger partial charge >= 0.3 is 0 Å². The van der Waals surface area contributed by atoms with Crippen molar-refractivity contribution in [2.24, 2.45) is 0 Å². The summed E-state index contributed by atoms with van der Waals surface area (Å²) >= 11 is 0. The van der Waals surface area contributed by atoms with Gasteiger partial charge in [-0.25, -0.2) is 0 Å². The highest BCUT2D eigenvalue weighted by Crippen LogP contribution is 2.22. The van der Waals surface area contributed by atoms with Crippen molar-refractivity contribution in [3.8, 4) is 0 Å². The van der Waals surface area contributed by atoms with Crippen LogP contribution in [-0.4, -0.2) is 109 Å². The highest BCUT2D eigenvalue weighted by Gasteiger charge is 2.41. The van der Waals surface area contributed by atoms with E-state index in [0.29, 0.717) is 21.8 Å². The van der Waals surface area contributed by atoms with E-state index < -0.39 is 36.0 Å². The second-order valence-electron chi connectivity index (χ2n) is 20.3. The summed E-state index contributed by atoms with van der Waals surface area (Å²) < 4.78 is 0.656. The number of ketones is 2. The van der Waals surface area contributed by atoms with Crippen molar-refractivity contribution in [3.05, 3.63) is 0 Å². The number of carboxylic acids is 2. The van der Waals surface area contributed by atoms with E-state index in [1.165, 1.54) is 154 Å². The third-order valence-electron chi connectivity index (χ3n) is 11.4. The SMILES string of the molecule is CCCCCCCCCCCCCCCCCC(=O)C(O)(CC(=O)[O-])C[N+](C)(C)C.CCCCCCCCCCCCCCCCCC(=O)C(O)(CC(=O)[O-])C[N+](C)(C)C. The lowest BCUT2D eigenvalue weighted by Crippen LogP contribution is -2.56. The number of hydrogen-bond donors (Lipinski definition) is 2. The number of rotatable bonds is 42. The van der Waals surface area contributed by atoms with E-state index in [4.69, 9.17) is 0 Å². The Kier molecular flexibility index (Phi) is 36.7. The van der Waals surface area contributed by atoms with E-state index >= 15 is 0 Å². The molecular weight excluding hydrogens is 757 g/mol. The second kappa shape index (κ2) is 36.6. The molecule has 60 heavy (non-hydrogen) atoms. The molecule has 0 aliphatic heterocycles. The van der Waals surface area contributed by atoms with Crippen LogP contribution in [0.15, 0.2) is 0 Å². The lowest BCUT2D eigenvalue weighted by atomic mass is 9.89. The molecule has 2 N–H and O–H groups in total. The maximum Gasteiger partial charge on any atom is 0.177 e. The van der Waals surface area contributed by atoms with Crippen LogP contribution in [0.25, 0.3) is 0 Å². The molecule has 0 fully saturated rings. The number of carbonyl (C=O) groups excluding carboxylic acids is 4. The summed E-state index contributed by atoms with van der Waals surface area (Å²) in [6.45, 7) is 4.68. The van der Waals surface area contributed by atoms with Gasteiger partial charge in [0.2, 0.25) is 0 Å². The molecule has 0 spiro atoms. The van der Waals surface area contributed by atoms with Gasteiger partial charge in [-0.3, -0.25) is 9.59 Å². The molecular formula is C50H98N2O8. The van der Waals surface area contributed by atoms with Crippen LogP contribution >= 0.6 is 0 Å². The van der Waals surface area contributed by atoms with Crippen LogP contribution in [-0.2, 0) is 19.2 Å². The van der Waals surface area contributed by atoms with Crippen LogP contribution in [0.1, 0.15) is 232 Å². The van der Waals surface area contributed by atoms with Crippen molar-refractivity contribution in [2.45, 2.75) is 243 Å². The first-order valence-electron chi connectivity index (χ1n) is 24.7. The summed E-state index contributed by atoms with van der Waals surface area (Å²) in [6, 6.07) is 0. The summed E-state index contributed by atoms with van der Waals surface area (Å²) in [5, 5.41) is 43.2. The number of nitrogens with zero attached hydrogens (tertiary/aromatic N) is 2. The van der Waals surface area contributed by atoms with Crippen LogP contribution in [0.3, 0.4) is 0 Å². The molecule has 0 bridgehead atoms. The first kappa shape index (κ1) is 60.2. The Morgan fingerprint density at radius 1 is 0.367 bits per heavy atom. The molecule has 10 nitrogen and oxygen atoms in total. The van der Waals surface area contributed by atoms with Crippen LogP contribution in [0.2, 0.25) is 0 Å². The Morgan fingerprint density at radius 3 is 0.717 bits per heavy atom. The normalized spacial score (nSPS) is 13.9. The Hall–Kier alpha value is -1.88. The maximum absolute atomic E-state index is 12.5. The first-order valence-corrected chi connectivity index (χ1v) is 24.7. The average Bonchev–Trinajstić information content (AvgIpc) is 3.12. The highest BCUT2D eigenvalue weighted by molar-refractivity contribution is 5.91. The van der Waals surface area contributed by atoms with Crippen molar-refractivity contribution in [1.29, 1.82) is 0 Å². The molecule has 356 valence electrons. The largest absolute Gasteiger partial charge is 0.550 e. The van der Waals surface area contributed by atoms with Crippen molar-refractivity contribution >= 4 is 23.5 Å². The quantitative estimate of drug-likeness (QED) is 0.0456. The predicted octanol–water partition coefficient (Wildman–Crippen LogP) is 8.79. The summed E-state index contributed by atoms with van der Waals surface area (Å²) in [5.41, 5.74) is -3.65. The van der Waals surface area contributed by atoms with Crippen LogP contribution in [0.5, 0.6) is 0 Å². The molecule has 0 aliphatic rings. The standard InChI is InChI=1S/2C25H49NO4/c2*1-5-6-7-8-9-10-11-12-13-14-15-16-17-18-19-20-23(27)25(30,21-24(28)29)22-26(2,3)4/h2*30H,5-22H2,1-4H3. The van der Waals surface area contributed by atoms with Crippen molar-refractivity contribution in [1.82, 2.24) is 0 Å². The third kappa shape index (κ3) is 39.0. The van der Waals surface area contributed by atoms with E-state index in [1.54, 1.807) is 0 Å². The third-order valence-corrected chi connectivity index (χ3v) is 11.4. The number of aliphatic hydroxyl groups is 2. The summed E-state index contributed by atoms with van der Waals surface area (Å²) in [4.78, 5) is 46.9. The molecule has 2 unspecified atom stereocenters. The van der Waals surface area contributed by atoms with E-state index in [9.17, 15) is 39.6 Å². The monoisotopic (exact) mass is 855 g/mol. The molecule has 10 heteroatoms.